The summed E-state index contributed by atoms with van der Waals surface area (Å²) in [5.74, 6) is 0. The monoisotopic (exact) mass is 346 g/mol. The molecule has 1 aliphatic rings. The average molecular weight is 346 g/mol. The minimum atomic E-state index is -0.182. The second-order valence-electron chi connectivity index (χ2n) is 4.71. The third kappa shape index (κ3) is 3.01. The SMILES string of the molecule is CCC1(CC)COC(c2ccc(I)cc2)OC1. The van der Waals surface area contributed by atoms with Crippen molar-refractivity contribution in [3.05, 3.63) is 33.4 Å². The molecule has 1 heterocycles. The summed E-state index contributed by atoms with van der Waals surface area (Å²) in [7, 11) is 0. The molecule has 0 spiro atoms. The number of ether oxygens (including phenoxy) is 2. The molecule has 0 N–H and O–H groups in total. The van der Waals surface area contributed by atoms with E-state index in [-0.39, 0.29) is 11.7 Å². The molecule has 94 valence electrons. The van der Waals surface area contributed by atoms with E-state index in [1.54, 1.807) is 0 Å². The molecule has 1 fully saturated rings. The summed E-state index contributed by atoms with van der Waals surface area (Å²) in [6, 6.07) is 8.34. The molecule has 0 amide bonds. The van der Waals surface area contributed by atoms with Crippen molar-refractivity contribution in [3.8, 4) is 0 Å². The highest BCUT2D eigenvalue weighted by Crippen LogP contribution is 2.36. The molecule has 0 saturated carbocycles. The van der Waals surface area contributed by atoms with Gasteiger partial charge in [-0.1, -0.05) is 26.0 Å². The molecule has 17 heavy (non-hydrogen) atoms. The van der Waals surface area contributed by atoms with Gasteiger partial charge in [0.15, 0.2) is 6.29 Å². The third-order valence-electron chi connectivity index (χ3n) is 3.72. The minimum Gasteiger partial charge on any atom is -0.348 e. The van der Waals surface area contributed by atoms with E-state index in [9.17, 15) is 0 Å². The molecular weight excluding hydrogens is 327 g/mol. The van der Waals surface area contributed by atoms with E-state index in [0.717, 1.165) is 31.6 Å². The van der Waals surface area contributed by atoms with Crippen LogP contribution in [-0.2, 0) is 9.47 Å². The van der Waals surface area contributed by atoms with Gasteiger partial charge in [0.1, 0.15) is 0 Å². The maximum Gasteiger partial charge on any atom is 0.183 e. The first kappa shape index (κ1) is 13.3. The van der Waals surface area contributed by atoms with Gasteiger partial charge in [-0.05, 0) is 47.6 Å². The zero-order valence-electron chi connectivity index (χ0n) is 10.4. The van der Waals surface area contributed by atoms with Gasteiger partial charge >= 0.3 is 0 Å². The maximum absolute atomic E-state index is 5.88. The number of halogens is 1. The van der Waals surface area contributed by atoms with Crippen molar-refractivity contribution in [2.75, 3.05) is 13.2 Å². The summed E-state index contributed by atoms with van der Waals surface area (Å²) in [5, 5.41) is 0. The molecule has 1 aliphatic heterocycles. The lowest BCUT2D eigenvalue weighted by molar-refractivity contribution is -0.235. The van der Waals surface area contributed by atoms with E-state index in [0.29, 0.717) is 0 Å². The fourth-order valence-corrected chi connectivity index (χ4v) is 2.42. The van der Waals surface area contributed by atoms with E-state index in [1.165, 1.54) is 3.57 Å². The highest BCUT2D eigenvalue weighted by atomic mass is 127. The van der Waals surface area contributed by atoms with E-state index >= 15 is 0 Å². The van der Waals surface area contributed by atoms with Crippen LogP contribution >= 0.6 is 22.6 Å². The van der Waals surface area contributed by atoms with Crippen molar-refractivity contribution < 1.29 is 9.47 Å². The zero-order chi connectivity index (χ0) is 12.3. The fraction of sp³-hybridized carbons (Fsp3) is 0.571. The van der Waals surface area contributed by atoms with Gasteiger partial charge in [-0.15, -0.1) is 0 Å². The van der Waals surface area contributed by atoms with Gasteiger partial charge in [-0.25, -0.2) is 0 Å². The first-order chi connectivity index (χ1) is 8.19. The number of hydrogen-bond donors (Lipinski definition) is 0. The maximum atomic E-state index is 5.88. The van der Waals surface area contributed by atoms with Crippen LogP contribution in [0.15, 0.2) is 24.3 Å². The number of benzene rings is 1. The topological polar surface area (TPSA) is 18.5 Å². The molecular formula is C14H19IO2. The second-order valence-corrected chi connectivity index (χ2v) is 5.96. The predicted molar refractivity (Wildman–Crippen MR) is 76.8 cm³/mol. The van der Waals surface area contributed by atoms with E-state index in [2.05, 4.69) is 60.7 Å². The van der Waals surface area contributed by atoms with E-state index in [4.69, 9.17) is 9.47 Å². The van der Waals surface area contributed by atoms with Gasteiger partial charge in [-0.2, -0.15) is 0 Å². The molecule has 2 nitrogen and oxygen atoms in total. The largest absolute Gasteiger partial charge is 0.348 e. The standard InChI is InChI=1S/C14H19IO2/c1-3-14(4-2)9-16-13(17-10-14)11-5-7-12(15)8-6-11/h5-8,13H,3-4,9-10H2,1-2H3. The summed E-state index contributed by atoms with van der Waals surface area (Å²) >= 11 is 2.30. The van der Waals surface area contributed by atoms with Gasteiger partial charge in [0.05, 0.1) is 13.2 Å². The second kappa shape index (κ2) is 5.67. The molecule has 0 aromatic heterocycles. The van der Waals surface area contributed by atoms with Crippen molar-refractivity contribution in [3.63, 3.8) is 0 Å². The lowest BCUT2D eigenvalue weighted by atomic mass is 9.83. The van der Waals surface area contributed by atoms with Gasteiger partial charge in [0, 0.05) is 14.5 Å². The van der Waals surface area contributed by atoms with Crippen molar-refractivity contribution in [1.82, 2.24) is 0 Å². The van der Waals surface area contributed by atoms with Crippen LogP contribution in [0.4, 0.5) is 0 Å². The molecule has 1 saturated heterocycles. The van der Waals surface area contributed by atoms with Crippen LogP contribution in [0.3, 0.4) is 0 Å². The molecule has 2 rings (SSSR count). The van der Waals surface area contributed by atoms with E-state index < -0.39 is 0 Å². The Balaban J connectivity index is 2.01. The Hall–Kier alpha value is -0.130. The first-order valence-corrected chi connectivity index (χ1v) is 7.25. The van der Waals surface area contributed by atoms with Gasteiger partial charge in [0.2, 0.25) is 0 Å². The minimum absolute atomic E-state index is 0.182. The van der Waals surface area contributed by atoms with Crippen LogP contribution in [0.1, 0.15) is 38.5 Å². The summed E-state index contributed by atoms with van der Waals surface area (Å²) in [4.78, 5) is 0. The molecule has 0 radical (unpaired) electrons. The Morgan fingerprint density at radius 1 is 1.12 bits per heavy atom. The predicted octanol–water partition coefficient (Wildman–Crippen LogP) is 4.14. The van der Waals surface area contributed by atoms with Crippen LogP contribution in [0.25, 0.3) is 0 Å². The molecule has 0 atom stereocenters. The number of rotatable bonds is 3. The molecule has 1 aromatic rings. The highest BCUT2D eigenvalue weighted by Gasteiger charge is 2.34. The lowest BCUT2D eigenvalue weighted by Crippen LogP contribution is -2.37. The summed E-state index contributed by atoms with van der Waals surface area (Å²) in [6.45, 7) is 6.02. The van der Waals surface area contributed by atoms with Gasteiger partial charge in [-0.3, -0.25) is 0 Å². The molecule has 1 aromatic carbocycles. The smallest absolute Gasteiger partial charge is 0.183 e. The Morgan fingerprint density at radius 3 is 2.12 bits per heavy atom. The van der Waals surface area contributed by atoms with Crippen LogP contribution in [0.5, 0.6) is 0 Å². The average Bonchev–Trinajstić information content (AvgIpc) is 2.40. The van der Waals surface area contributed by atoms with Crippen LogP contribution in [0.2, 0.25) is 0 Å². The molecule has 0 aliphatic carbocycles. The van der Waals surface area contributed by atoms with E-state index in [1.807, 2.05) is 0 Å². The fourth-order valence-electron chi connectivity index (χ4n) is 2.07. The third-order valence-corrected chi connectivity index (χ3v) is 4.44. The van der Waals surface area contributed by atoms with Gasteiger partial charge < -0.3 is 9.47 Å². The quantitative estimate of drug-likeness (QED) is 0.766. The van der Waals surface area contributed by atoms with Crippen molar-refractivity contribution in [1.29, 1.82) is 0 Å². The molecule has 3 heteroatoms. The number of hydrogen-bond acceptors (Lipinski definition) is 2. The molecule has 0 unspecified atom stereocenters. The Morgan fingerprint density at radius 2 is 1.65 bits per heavy atom. The molecule has 0 bridgehead atoms. The summed E-state index contributed by atoms with van der Waals surface area (Å²) < 4.78 is 13.0. The van der Waals surface area contributed by atoms with Crippen LogP contribution in [-0.4, -0.2) is 13.2 Å². The van der Waals surface area contributed by atoms with Crippen molar-refractivity contribution >= 4 is 22.6 Å². The van der Waals surface area contributed by atoms with Crippen molar-refractivity contribution in [2.24, 2.45) is 5.41 Å². The lowest BCUT2D eigenvalue weighted by Gasteiger charge is -2.39. The van der Waals surface area contributed by atoms with Gasteiger partial charge in [0.25, 0.3) is 0 Å². The highest BCUT2D eigenvalue weighted by molar-refractivity contribution is 14.1. The summed E-state index contributed by atoms with van der Waals surface area (Å²) in [6.07, 6.45) is 2.05. The Kier molecular flexibility index (Phi) is 4.44. The Labute approximate surface area is 117 Å². The van der Waals surface area contributed by atoms with Crippen molar-refractivity contribution in [2.45, 2.75) is 33.0 Å². The first-order valence-electron chi connectivity index (χ1n) is 6.18. The van der Waals surface area contributed by atoms with Crippen LogP contribution < -0.4 is 0 Å². The van der Waals surface area contributed by atoms with Crippen LogP contribution in [0, 0.1) is 8.99 Å². The Bertz CT molecular complexity index is 347. The normalized spacial score (nSPS) is 20.4. The summed E-state index contributed by atoms with van der Waals surface area (Å²) in [5.41, 5.74) is 1.34. The zero-order valence-corrected chi connectivity index (χ0v) is 12.6.